The van der Waals surface area contributed by atoms with Gasteiger partial charge in [-0.1, -0.05) is 12.5 Å². The lowest BCUT2D eigenvalue weighted by Gasteiger charge is -2.26. The Hall–Kier alpha value is -1.42. The van der Waals surface area contributed by atoms with Gasteiger partial charge in [0, 0.05) is 18.0 Å². The molecule has 1 aromatic carbocycles. The molecule has 0 amide bonds. The quantitative estimate of drug-likeness (QED) is 0.836. The number of hydrogen-bond donors (Lipinski definition) is 1. The number of nitrogens with zero attached hydrogens (tertiary/aromatic N) is 1. The summed E-state index contributed by atoms with van der Waals surface area (Å²) < 4.78 is 54.4. The fraction of sp³-hybridized carbons (Fsp3) is 0.375. The number of aryl methyl sites for hydroxylation is 1. The SMILES string of the molecule is Cc1ccc(S(=O)(=O)Nc2cccc(S(=O)(=O)N3CCCCC3)c2)s1. The third-order valence-electron chi connectivity index (χ3n) is 4.02. The van der Waals surface area contributed by atoms with Crippen molar-refractivity contribution < 1.29 is 16.8 Å². The maximum Gasteiger partial charge on any atom is 0.271 e. The Morgan fingerprint density at radius 2 is 1.72 bits per heavy atom. The predicted octanol–water partition coefficient (Wildman–Crippen LogP) is 3.03. The van der Waals surface area contributed by atoms with Gasteiger partial charge in [-0.25, -0.2) is 16.8 Å². The molecule has 1 aliphatic rings. The zero-order valence-electron chi connectivity index (χ0n) is 13.8. The first-order chi connectivity index (χ1) is 11.8. The molecule has 1 saturated heterocycles. The predicted molar refractivity (Wildman–Crippen MR) is 98.9 cm³/mol. The van der Waals surface area contributed by atoms with Gasteiger partial charge in [-0.3, -0.25) is 4.72 Å². The lowest BCUT2D eigenvalue weighted by atomic mass is 10.2. The second-order valence-electron chi connectivity index (χ2n) is 5.96. The Morgan fingerprint density at radius 1 is 1.00 bits per heavy atom. The van der Waals surface area contributed by atoms with Gasteiger partial charge in [-0.2, -0.15) is 4.31 Å². The molecule has 3 rings (SSSR count). The van der Waals surface area contributed by atoms with Crippen LogP contribution in [0.3, 0.4) is 0 Å². The maximum atomic E-state index is 12.7. The molecule has 136 valence electrons. The van der Waals surface area contributed by atoms with Gasteiger partial charge in [0.2, 0.25) is 10.0 Å². The summed E-state index contributed by atoms with van der Waals surface area (Å²) in [5.74, 6) is 0. The summed E-state index contributed by atoms with van der Waals surface area (Å²) in [5.41, 5.74) is 0.240. The normalized spacial score (nSPS) is 16.7. The highest BCUT2D eigenvalue weighted by molar-refractivity contribution is 7.94. The van der Waals surface area contributed by atoms with Crippen LogP contribution in [0.4, 0.5) is 5.69 Å². The molecule has 0 spiro atoms. The third kappa shape index (κ3) is 4.05. The molecule has 0 unspecified atom stereocenters. The number of hydrogen-bond acceptors (Lipinski definition) is 5. The molecule has 6 nitrogen and oxygen atoms in total. The highest BCUT2D eigenvalue weighted by Crippen LogP contribution is 2.26. The highest BCUT2D eigenvalue weighted by Gasteiger charge is 2.26. The fourth-order valence-corrected chi connectivity index (χ4v) is 6.63. The molecule has 0 atom stereocenters. The number of rotatable bonds is 5. The van der Waals surface area contributed by atoms with Crippen LogP contribution >= 0.6 is 11.3 Å². The van der Waals surface area contributed by atoms with Gasteiger partial charge in [0.1, 0.15) is 4.21 Å². The molecule has 0 saturated carbocycles. The van der Waals surface area contributed by atoms with Gasteiger partial charge in [0.25, 0.3) is 10.0 Å². The van der Waals surface area contributed by atoms with E-state index in [4.69, 9.17) is 0 Å². The largest absolute Gasteiger partial charge is 0.279 e. The lowest BCUT2D eigenvalue weighted by Crippen LogP contribution is -2.35. The molecular weight excluding hydrogens is 380 g/mol. The van der Waals surface area contributed by atoms with E-state index >= 15 is 0 Å². The van der Waals surface area contributed by atoms with Crippen LogP contribution in [0.25, 0.3) is 0 Å². The van der Waals surface area contributed by atoms with Gasteiger partial charge < -0.3 is 0 Å². The zero-order chi connectivity index (χ0) is 18.1. The number of anilines is 1. The molecule has 0 radical (unpaired) electrons. The van der Waals surface area contributed by atoms with Crippen molar-refractivity contribution in [3.8, 4) is 0 Å². The van der Waals surface area contributed by atoms with E-state index in [0.29, 0.717) is 13.1 Å². The van der Waals surface area contributed by atoms with Gasteiger partial charge in [-0.05, 0) is 50.1 Å². The summed E-state index contributed by atoms with van der Waals surface area (Å²) in [5, 5.41) is 0. The molecule has 1 fully saturated rings. The average molecular weight is 401 g/mol. The second kappa shape index (κ2) is 7.06. The molecular formula is C16H20N2O4S3. The van der Waals surface area contributed by atoms with Crippen LogP contribution in [0.15, 0.2) is 45.5 Å². The topological polar surface area (TPSA) is 83.5 Å². The summed E-state index contributed by atoms with van der Waals surface area (Å²) in [6.07, 6.45) is 2.73. The van der Waals surface area contributed by atoms with E-state index in [1.54, 1.807) is 18.2 Å². The minimum Gasteiger partial charge on any atom is -0.279 e. The zero-order valence-corrected chi connectivity index (χ0v) is 16.3. The van der Waals surface area contributed by atoms with Gasteiger partial charge in [0.15, 0.2) is 0 Å². The Balaban J connectivity index is 1.86. The first-order valence-corrected chi connectivity index (χ1v) is 11.7. The van der Waals surface area contributed by atoms with Crippen LogP contribution in [0.5, 0.6) is 0 Å². The fourth-order valence-electron chi connectivity index (χ4n) is 2.74. The lowest BCUT2D eigenvalue weighted by molar-refractivity contribution is 0.346. The van der Waals surface area contributed by atoms with Crippen molar-refractivity contribution in [2.45, 2.75) is 35.3 Å². The van der Waals surface area contributed by atoms with E-state index in [2.05, 4.69) is 4.72 Å². The Morgan fingerprint density at radius 3 is 2.36 bits per heavy atom. The van der Waals surface area contributed by atoms with Crippen molar-refractivity contribution in [3.05, 3.63) is 41.3 Å². The molecule has 1 aliphatic heterocycles. The van der Waals surface area contributed by atoms with Crippen LogP contribution in [-0.2, 0) is 20.0 Å². The van der Waals surface area contributed by atoms with Crippen LogP contribution in [0.2, 0.25) is 0 Å². The van der Waals surface area contributed by atoms with E-state index < -0.39 is 20.0 Å². The molecule has 0 aliphatic carbocycles. The van der Waals surface area contributed by atoms with E-state index in [9.17, 15) is 16.8 Å². The first kappa shape index (κ1) is 18.4. The van der Waals surface area contributed by atoms with Crippen LogP contribution in [0, 0.1) is 6.92 Å². The van der Waals surface area contributed by atoms with Gasteiger partial charge in [-0.15, -0.1) is 11.3 Å². The van der Waals surface area contributed by atoms with Crippen molar-refractivity contribution in [3.63, 3.8) is 0 Å². The summed E-state index contributed by atoms with van der Waals surface area (Å²) >= 11 is 1.17. The van der Waals surface area contributed by atoms with Crippen molar-refractivity contribution in [2.75, 3.05) is 17.8 Å². The molecule has 9 heteroatoms. The monoisotopic (exact) mass is 400 g/mol. The summed E-state index contributed by atoms with van der Waals surface area (Å²) in [6, 6.07) is 9.24. The molecule has 2 heterocycles. The third-order valence-corrected chi connectivity index (χ3v) is 8.79. The molecule has 25 heavy (non-hydrogen) atoms. The number of piperidine rings is 1. The summed E-state index contributed by atoms with van der Waals surface area (Å²) in [6.45, 7) is 2.84. The van der Waals surface area contributed by atoms with Crippen molar-refractivity contribution in [1.82, 2.24) is 4.31 Å². The first-order valence-electron chi connectivity index (χ1n) is 7.98. The van der Waals surface area contributed by atoms with Gasteiger partial charge in [0.05, 0.1) is 10.6 Å². The minimum atomic E-state index is -3.72. The Bertz CT molecular complexity index is 959. The van der Waals surface area contributed by atoms with Crippen molar-refractivity contribution >= 4 is 37.1 Å². The maximum absolute atomic E-state index is 12.7. The van der Waals surface area contributed by atoms with Crippen molar-refractivity contribution in [2.24, 2.45) is 0 Å². The number of nitrogens with one attached hydrogen (secondary N) is 1. The Kier molecular flexibility index (Phi) is 5.19. The van der Waals surface area contributed by atoms with Crippen LogP contribution in [0.1, 0.15) is 24.1 Å². The standard InChI is InChI=1S/C16H20N2O4S3/c1-13-8-9-16(23-13)24(19,20)17-14-6-5-7-15(12-14)25(21,22)18-10-3-2-4-11-18/h5-9,12,17H,2-4,10-11H2,1H3. The van der Waals surface area contributed by atoms with Crippen molar-refractivity contribution in [1.29, 1.82) is 0 Å². The molecule has 1 aromatic heterocycles. The Labute approximate surface area is 152 Å². The molecule has 0 bridgehead atoms. The smallest absolute Gasteiger partial charge is 0.271 e. The molecule has 2 aromatic rings. The summed E-state index contributed by atoms with van der Waals surface area (Å²) in [7, 11) is -7.32. The van der Waals surface area contributed by atoms with Crippen LogP contribution in [-0.4, -0.2) is 34.2 Å². The number of thiophene rings is 1. The van der Waals surface area contributed by atoms with E-state index in [-0.39, 0.29) is 14.8 Å². The van der Waals surface area contributed by atoms with E-state index in [0.717, 1.165) is 24.1 Å². The van der Waals surface area contributed by atoms with Crippen LogP contribution < -0.4 is 4.72 Å². The number of benzene rings is 1. The van der Waals surface area contributed by atoms with Gasteiger partial charge >= 0.3 is 0 Å². The average Bonchev–Trinajstić information content (AvgIpc) is 3.03. The van der Waals surface area contributed by atoms with E-state index in [1.807, 2.05) is 6.92 Å². The second-order valence-corrected chi connectivity index (χ2v) is 11.1. The molecule has 1 N–H and O–H groups in total. The number of sulfonamides is 2. The van der Waals surface area contributed by atoms with E-state index in [1.165, 1.54) is 33.8 Å². The minimum absolute atomic E-state index is 0.108. The summed E-state index contributed by atoms with van der Waals surface area (Å²) in [4.78, 5) is 0.999. The highest BCUT2D eigenvalue weighted by atomic mass is 32.2.